The van der Waals surface area contributed by atoms with Gasteiger partial charge < -0.3 is 15.7 Å². The predicted octanol–water partition coefficient (Wildman–Crippen LogP) is 3.71. The number of nitrogens with one attached hydrogen (secondary N) is 2. The summed E-state index contributed by atoms with van der Waals surface area (Å²) in [5, 5.41) is 17.5. The van der Waals surface area contributed by atoms with E-state index in [1.54, 1.807) is 5.38 Å². The van der Waals surface area contributed by atoms with Crippen LogP contribution in [-0.4, -0.2) is 23.5 Å². The Hall–Kier alpha value is -2.91. The maximum absolute atomic E-state index is 12.5. The lowest BCUT2D eigenvalue weighted by Gasteiger charge is -2.12. The first-order valence-corrected chi connectivity index (χ1v) is 9.04. The van der Waals surface area contributed by atoms with Crippen LogP contribution in [0.25, 0.3) is 10.1 Å². The highest BCUT2D eigenvalue weighted by molar-refractivity contribution is 7.17. The maximum Gasteiger partial charge on any atom is 0.416 e. The molecule has 9 heteroatoms. The van der Waals surface area contributed by atoms with Gasteiger partial charge >= 0.3 is 18.0 Å². The molecule has 0 aliphatic heterocycles. The van der Waals surface area contributed by atoms with Crippen molar-refractivity contribution in [2.75, 3.05) is 11.9 Å². The van der Waals surface area contributed by atoms with E-state index in [9.17, 15) is 27.9 Å². The number of thiophene rings is 1. The van der Waals surface area contributed by atoms with Crippen LogP contribution in [0.15, 0.2) is 53.9 Å². The molecule has 1 heterocycles. The Morgan fingerprint density at radius 3 is 2.39 bits per heavy atom. The topological polar surface area (TPSA) is 78.4 Å². The standard InChI is InChI=1S/C19H15F3N2O3S/c20-19(21,22)11-5-7-12(8-6-11)24-18(27)17(26)23-9-15(25)14-10-28-16-4-2-1-3-13(14)16/h1-8,10,15,25H,9H2,(H,23,26)(H,24,27). The third kappa shape index (κ3) is 4.49. The van der Waals surface area contributed by atoms with Gasteiger partial charge in [0.2, 0.25) is 0 Å². The van der Waals surface area contributed by atoms with E-state index in [1.807, 2.05) is 24.3 Å². The van der Waals surface area contributed by atoms with Crippen LogP contribution in [0.2, 0.25) is 0 Å². The number of carbonyl (C=O) groups excluding carboxylic acids is 2. The lowest BCUT2D eigenvalue weighted by atomic mass is 10.1. The first-order chi connectivity index (χ1) is 13.3. The average molecular weight is 408 g/mol. The number of hydrogen-bond donors (Lipinski definition) is 3. The second kappa shape index (κ2) is 7.99. The highest BCUT2D eigenvalue weighted by Gasteiger charge is 2.30. The minimum Gasteiger partial charge on any atom is -0.387 e. The van der Waals surface area contributed by atoms with Crippen LogP contribution in [0.3, 0.4) is 0 Å². The first-order valence-electron chi connectivity index (χ1n) is 8.16. The Labute approximate surface area is 161 Å². The van der Waals surface area contributed by atoms with Crippen LogP contribution in [-0.2, 0) is 15.8 Å². The van der Waals surface area contributed by atoms with E-state index in [-0.39, 0.29) is 12.2 Å². The van der Waals surface area contributed by atoms with Gasteiger partial charge in [0.25, 0.3) is 0 Å². The molecule has 3 aromatic rings. The molecule has 0 bridgehead atoms. The largest absolute Gasteiger partial charge is 0.416 e. The SMILES string of the molecule is O=C(NCC(O)c1csc2ccccc12)C(=O)Nc1ccc(C(F)(F)F)cc1. The number of rotatable bonds is 4. The third-order valence-electron chi connectivity index (χ3n) is 4.00. The van der Waals surface area contributed by atoms with Gasteiger partial charge in [0, 0.05) is 22.5 Å². The van der Waals surface area contributed by atoms with Crippen molar-refractivity contribution in [2.24, 2.45) is 0 Å². The summed E-state index contributed by atoms with van der Waals surface area (Å²) in [5.74, 6) is -2.04. The van der Waals surface area contributed by atoms with E-state index in [2.05, 4.69) is 10.6 Å². The van der Waals surface area contributed by atoms with Crippen LogP contribution in [0.4, 0.5) is 18.9 Å². The summed E-state index contributed by atoms with van der Waals surface area (Å²) in [5.41, 5.74) is -0.164. The molecule has 0 radical (unpaired) electrons. The second-order valence-electron chi connectivity index (χ2n) is 5.94. The van der Waals surface area contributed by atoms with Crippen molar-refractivity contribution in [1.82, 2.24) is 5.32 Å². The van der Waals surface area contributed by atoms with Crippen LogP contribution in [0, 0.1) is 0 Å². The predicted molar refractivity (Wildman–Crippen MR) is 99.9 cm³/mol. The molecule has 0 aliphatic rings. The molecule has 1 unspecified atom stereocenters. The molecule has 2 aromatic carbocycles. The van der Waals surface area contributed by atoms with Crippen LogP contribution < -0.4 is 10.6 Å². The molecule has 5 nitrogen and oxygen atoms in total. The van der Waals surface area contributed by atoms with Crippen molar-refractivity contribution >= 4 is 38.9 Å². The number of hydrogen-bond acceptors (Lipinski definition) is 4. The van der Waals surface area contributed by atoms with E-state index in [0.717, 1.165) is 34.4 Å². The summed E-state index contributed by atoms with van der Waals surface area (Å²) in [7, 11) is 0. The third-order valence-corrected chi connectivity index (χ3v) is 4.98. The second-order valence-corrected chi connectivity index (χ2v) is 6.85. The molecule has 0 fully saturated rings. The van der Waals surface area contributed by atoms with Crippen LogP contribution in [0.1, 0.15) is 17.2 Å². The summed E-state index contributed by atoms with van der Waals surface area (Å²) < 4.78 is 38.6. The Morgan fingerprint density at radius 1 is 1.04 bits per heavy atom. The zero-order valence-electron chi connectivity index (χ0n) is 14.3. The fourth-order valence-electron chi connectivity index (χ4n) is 2.57. The zero-order chi connectivity index (χ0) is 20.3. The smallest absolute Gasteiger partial charge is 0.387 e. The number of aliphatic hydroxyl groups excluding tert-OH is 1. The number of carbonyl (C=O) groups is 2. The summed E-state index contributed by atoms with van der Waals surface area (Å²) >= 11 is 1.46. The van der Waals surface area contributed by atoms with Gasteiger partial charge in [-0.25, -0.2) is 0 Å². The van der Waals surface area contributed by atoms with Crippen molar-refractivity contribution < 1.29 is 27.9 Å². The Morgan fingerprint density at radius 2 is 1.71 bits per heavy atom. The molecule has 0 saturated carbocycles. The average Bonchev–Trinajstić information content (AvgIpc) is 3.09. The van der Waals surface area contributed by atoms with Gasteiger partial charge in [0.05, 0.1) is 11.7 Å². The van der Waals surface area contributed by atoms with Gasteiger partial charge in [-0.2, -0.15) is 13.2 Å². The lowest BCUT2D eigenvalue weighted by molar-refractivity contribution is -0.137. The van der Waals surface area contributed by atoms with E-state index < -0.39 is 29.7 Å². The summed E-state index contributed by atoms with van der Waals surface area (Å²) in [4.78, 5) is 23.8. The number of anilines is 1. The molecule has 3 rings (SSSR count). The van der Waals surface area contributed by atoms with E-state index in [1.165, 1.54) is 11.3 Å². The maximum atomic E-state index is 12.5. The van der Waals surface area contributed by atoms with E-state index in [0.29, 0.717) is 5.56 Å². The lowest BCUT2D eigenvalue weighted by Crippen LogP contribution is -2.37. The number of fused-ring (bicyclic) bond motifs is 1. The van der Waals surface area contributed by atoms with Crippen LogP contribution in [0.5, 0.6) is 0 Å². The van der Waals surface area contributed by atoms with E-state index in [4.69, 9.17) is 0 Å². The molecular weight excluding hydrogens is 393 g/mol. The minimum atomic E-state index is -4.48. The molecule has 3 N–H and O–H groups in total. The molecular formula is C19H15F3N2O3S. The van der Waals surface area contributed by atoms with E-state index >= 15 is 0 Å². The van der Waals surface area contributed by atoms with Crippen molar-refractivity contribution in [2.45, 2.75) is 12.3 Å². The number of amides is 2. The molecule has 1 atom stereocenters. The fraction of sp³-hybridized carbons (Fsp3) is 0.158. The number of halogens is 3. The summed E-state index contributed by atoms with van der Waals surface area (Å²) in [6.45, 7) is -0.181. The van der Waals surface area contributed by atoms with Crippen molar-refractivity contribution in [1.29, 1.82) is 0 Å². The molecule has 1 aromatic heterocycles. The van der Waals surface area contributed by atoms with Gasteiger partial charge in [0.1, 0.15) is 0 Å². The molecule has 146 valence electrons. The molecule has 28 heavy (non-hydrogen) atoms. The first kappa shape index (κ1) is 19.8. The number of aliphatic hydroxyl groups is 1. The highest BCUT2D eigenvalue weighted by atomic mass is 32.1. The van der Waals surface area contributed by atoms with Gasteiger partial charge in [-0.1, -0.05) is 18.2 Å². The summed E-state index contributed by atoms with van der Waals surface area (Å²) in [6.07, 6.45) is -5.49. The van der Waals surface area contributed by atoms with Crippen molar-refractivity contribution in [3.63, 3.8) is 0 Å². The molecule has 0 aliphatic carbocycles. The Kier molecular flexibility index (Phi) is 5.66. The van der Waals surface area contributed by atoms with Gasteiger partial charge in [-0.05, 0) is 41.1 Å². The zero-order valence-corrected chi connectivity index (χ0v) is 15.1. The quantitative estimate of drug-likeness (QED) is 0.576. The molecule has 0 spiro atoms. The van der Waals surface area contributed by atoms with Gasteiger partial charge in [-0.3, -0.25) is 9.59 Å². The molecule has 0 saturated heterocycles. The highest BCUT2D eigenvalue weighted by Crippen LogP contribution is 2.30. The molecule has 2 amide bonds. The van der Waals surface area contributed by atoms with Gasteiger partial charge in [0.15, 0.2) is 0 Å². The van der Waals surface area contributed by atoms with Gasteiger partial charge in [-0.15, -0.1) is 11.3 Å². The van der Waals surface area contributed by atoms with Crippen molar-refractivity contribution in [3.05, 3.63) is 65.0 Å². The minimum absolute atomic E-state index is 0.0533. The Balaban J connectivity index is 1.56. The Bertz CT molecular complexity index is 1000. The fourth-order valence-corrected chi connectivity index (χ4v) is 3.57. The number of alkyl halides is 3. The monoisotopic (exact) mass is 408 g/mol. The van der Waals surface area contributed by atoms with Crippen molar-refractivity contribution in [3.8, 4) is 0 Å². The normalized spacial score (nSPS) is 12.6. The van der Waals surface area contributed by atoms with Crippen LogP contribution >= 0.6 is 11.3 Å². The summed E-state index contributed by atoms with van der Waals surface area (Å²) in [6, 6.07) is 11.2. The number of benzene rings is 2.